The van der Waals surface area contributed by atoms with Crippen LogP contribution >= 0.6 is 0 Å². The molecule has 0 unspecified atom stereocenters. The van der Waals surface area contributed by atoms with Gasteiger partial charge in [0.1, 0.15) is 0 Å². The van der Waals surface area contributed by atoms with Crippen LogP contribution in [0.2, 0.25) is 0 Å². The summed E-state index contributed by atoms with van der Waals surface area (Å²) < 4.78 is 33.5. The number of ketones is 1. The normalized spacial score (nSPS) is 11.2. The molecule has 0 bridgehead atoms. The molecule has 0 aliphatic heterocycles. The summed E-state index contributed by atoms with van der Waals surface area (Å²) in [6, 6.07) is 9.38. The molecular formula is C45H72O6. The van der Waals surface area contributed by atoms with Crippen molar-refractivity contribution in [2.24, 2.45) is 0 Å². The topological polar surface area (TPSA) is 63.2 Å². The third-order valence-corrected chi connectivity index (χ3v) is 9.00. The molecule has 0 spiro atoms. The summed E-state index contributed by atoms with van der Waals surface area (Å²) in [5.74, 6) is 2.75. The van der Waals surface area contributed by atoms with Crippen molar-refractivity contribution < 1.29 is 28.5 Å². The zero-order valence-corrected chi connectivity index (χ0v) is 33.2. The Hall–Kier alpha value is -3.15. The maximum absolute atomic E-state index is 13.5. The fourth-order valence-corrected chi connectivity index (χ4v) is 5.86. The zero-order valence-electron chi connectivity index (χ0n) is 33.2. The Morgan fingerprint density at radius 2 is 0.745 bits per heavy atom. The van der Waals surface area contributed by atoms with Gasteiger partial charge in [-0.15, -0.1) is 0 Å². The summed E-state index contributed by atoms with van der Waals surface area (Å²) in [4.78, 5) is 13.5. The van der Waals surface area contributed by atoms with E-state index in [9.17, 15) is 4.79 Å². The lowest BCUT2D eigenvalue weighted by Gasteiger charge is -2.25. The Morgan fingerprint density at radius 3 is 1.08 bits per heavy atom. The summed E-state index contributed by atoms with van der Waals surface area (Å²) in [7, 11) is 0. The van der Waals surface area contributed by atoms with Gasteiger partial charge in [0.15, 0.2) is 17.3 Å². The first-order valence-corrected chi connectivity index (χ1v) is 20.8. The maximum Gasteiger partial charge on any atom is 0.211 e. The average Bonchev–Trinajstić information content (AvgIpc) is 3.15. The number of rotatable bonds is 33. The number of hydrogen-bond donors (Lipinski definition) is 0. The van der Waals surface area contributed by atoms with Crippen molar-refractivity contribution in [3.05, 3.63) is 47.5 Å². The molecular weight excluding hydrogens is 636 g/mol. The number of unbranched alkanes of at least 4 members (excludes halogenated alkanes) is 15. The molecule has 6 nitrogen and oxygen atoms in total. The minimum atomic E-state index is -0.0845. The van der Waals surface area contributed by atoms with Gasteiger partial charge in [-0.1, -0.05) is 161 Å². The van der Waals surface area contributed by atoms with Gasteiger partial charge in [-0.2, -0.15) is 0 Å². The molecule has 0 saturated carbocycles. The summed E-state index contributed by atoms with van der Waals surface area (Å²) in [6.45, 7) is 13.8. The van der Waals surface area contributed by atoms with Crippen LogP contribution in [0.4, 0.5) is 0 Å². The summed E-state index contributed by atoms with van der Waals surface area (Å²) in [5.41, 5.74) is 1.31. The van der Waals surface area contributed by atoms with Gasteiger partial charge in [0.2, 0.25) is 17.2 Å². The van der Waals surface area contributed by atoms with Crippen molar-refractivity contribution in [3.63, 3.8) is 0 Å². The number of allylic oxidation sites excluding steroid dienone is 1. The average molecular weight is 709 g/mol. The molecule has 2 aromatic rings. The van der Waals surface area contributed by atoms with E-state index in [1.54, 1.807) is 6.08 Å². The minimum absolute atomic E-state index is 0.0845. The van der Waals surface area contributed by atoms with Gasteiger partial charge in [0.25, 0.3) is 0 Å². The lowest BCUT2D eigenvalue weighted by atomic mass is 10.1. The van der Waals surface area contributed by atoms with Crippen LogP contribution in [0.15, 0.2) is 36.4 Å². The van der Waals surface area contributed by atoms with E-state index in [2.05, 4.69) is 34.6 Å². The smallest absolute Gasteiger partial charge is 0.211 e. The van der Waals surface area contributed by atoms with Crippen molar-refractivity contribution in [2.45, 2.75) is 163 Å². The van der Waals surface area contributed by atoms with E-state index in [0.29, 0.717) is 72.9 Å². The highest BCUT2D eigenvalue weighted by Crippen LogP contribution is 2.55. The Morgan fingerprint density at radius 1 is 0.431 bits per heavy atom. The van der Waals surface area contributed by atoms with Crippen LogP contribution in [0.1, 0.15) is 179 Å². The number of benzene rings is 2. The van der Waals surface area contributed by atoms with Crippen LogP contribution in [-0.2, 0) is 0 Å². The maximum atomic E-state index is 13.5. The van der Waals surface area contributed by atoms with Crippen LogP contribution in [0.25, 0.3) is 6.08 Å². The van der Waals surface area contributed by atoms with Crippen LogP contribution in [0.5, 0.6) is 28.7 Å². The standard InChI is InChI=1S/C45H72O6/c1-6-11-16-24-33-47-41-39(31-32-40(46)38-29-22-21-23-30-38)42(48-34-25-17-12-7-2)44(50-36-27-19-14-9-4)45(51-37-28-20-15-10-5)43(41)49-35-26-18-13-8-3/h21-23,29-32H,6-20,24-28,33-37H2,1-5H3. The molecule has 0 aliphatic rings. The predicted molar refractivity (Wildman–Crippen MR) is 214 cm³/mol. The molecule has 2 rings (SSSR count). The molecule has 0 amide bonds. The molecule has 51 heavy (non-hydrogen) atoms. The van der Waals surface area contributed by atoms with Crippen molar-refractivity contribution in [2.75, 3.05) is 33.0 Å². The second-order valence-electron chi connectivity index (χ2n) is 13.7. The van der Waals surface area contributed by atoms with Gasteiger partial charge in [-0.25, -0.2) is 0 Å². The monoisotopic (exact) mass is 709 g/mol. The SMILES string of the molecule is CCCCCCOc1c(C=CC(=O)c2ccccc2)c(OCCCCCC)c(OCCCCCC)c(OCCCCCC)c1OCCCCCC. The van der Waals surface area contributed by atoms with E-state index in [1.807, 2.05) is 36.4 Å². The highest BCUT2D eigenvalue weighted by molar-refractivity contribution is 6.07. The summed E-state index contributed by atoms with van der Waals surface area (Å²) in [6.07, 6.45) is 25.2. The van der Waals surface area contributed by atoms with E-state index >= 15 is 0 Å². The van der Waals surface area contributed by atoms with Crippen LogP contribution in [0, 0.1) is 0 Å². The summed E-state index contributed by atoms with van der Waals surface area (Å²) >= 11 is 0. The molecule has 2 aromatic carbocycles. The Kier molecular flexibility index (Phi) is 25.4. The van der Waals surface area contributed by atoms with Gasteiger partial charge in [0.05, 0.1) is 38.6 Å². The lowest BCUT2D eigenvalue weighted by molar-refractivity contribution is 0.104. The van der Waals surface area contributed by atoms with Crippen LogP contribution in [-0.4, -0.2) is 38.8 Å². The largest absolute Gasteiger partial charge is 0.489 e. The Balaban J connectivity index is 2.78. The van der Waals surface area contributed by atoms with Crippen LogP contribution in [0.3, 0.4) is 0 Å². The molecule has 0 N–H and O–H groups in total. The first-order chi connectivity index (χ1) is 25.1. The predicted octanol–water partition coefficient (Wildman–Crippen LogP) is 13.4. The van der Waals surface area contributed by atoms with Gasteiger partial charge in [-0.3, -0.25) is 4.79 Å². The molecule has 6 heteroatoms. The summed E-state index contributed by atoms with van der Waals surface area (Å²) in [5, 5.41) is 0. The molecule has 0 atom stereocenters. The first kappa shape index (κ1) is 44.0. The fourth-order valence-electron chi connectivity index (χ4n) is 5.86. The molecule has 288 valence electrons. The van der Waals surface area contributed by atoms with Crippen molar-refractivity contribution in [1.29, 1.82) is 0 Å². The fraction of sp³-hybridized carbons (Fsp3) is 0.667. The van der Waals surface area contributed by atoms with E-state index in [0.717, 1.165) is 122 Å². The second kappa shape index (κ2) is 29.4. The van der Waals surface area contributed by atoms with E-state index < -0.39 is 0 Å². The molecule has 0 fully saturated rings. The highest BCUT2D eigenvalue weighted by atomic mass is 16.6. The second-order valence-corrected chi connectivity index (χ2v) is 13.7. The third kappa shape index (κ3) is 17.8. The van der Waals surface area contributed by atoms with Gasteiger partial charge < -0.3 is 23.7 Å². The van der Waals surface area contributed by atoms with Crippen molar-refractivity contribution in [3.8, 4) is 28.7 Å². The zero-order chi connectivity index (χ0) is 36.8. The Bertz CT molecular complexity index is 1140. The Labute approximate surface area is 312 Å². The number of carbonyl (C=O) groups excluding carboxylic acids is 1. The number of hydrogen-bond acceptors (Lipinski definition) is 6. The van der Waals surface area contributed by atoms with Crippen molar-refractivity contribution in [1.82, 2.24) is 0 Å². The van der Waals surface area contributed by atoms with Gasteiger partial charge in [-0.05, 0) is 44.3 Å². The molecule has 0 saturated heterocycles. The number of carbonyl (C=O) groups is 1. The number of ether oxygens (including phenoxy) is 5. The van der Waals surface area contributed by atoms with Crippen molar-refractivity contribution >= 4 is 11.9 Å². The van der Waals surface area contributed by atoms with Gasteiger partial charge in [0, 0.05) is 5.56 Å². The highest BCUT2D eigenvalue weighted by Gasteiger charge is 2.30. The molecule has 0 aromatic heterocycles. The quantitative estimate of drug-likeness (QED) is 0.0418. The van der Waals surface area contributed by atoms with E-state index in [-0.39, 0.29) is 5.78 Å². The third-order valence-electron chi connectivity index (χ3n) is 9.00. The minimum Gasteiger partial charge on any atom is -0.489 e. The van der Waals surface area contributed by atoms with E-state index in [1.165, 1.54) is 6.42 Å². The lowest BCUT2D eigenvalue weighted by Crippen LogP contribution is -2.12. The van der Waals surface area contributed by atoms with Crippen LogP contribution < -0.4 is 23.7 Å². The molecule has 0 aliphatic carbocycles. The molecule has 0 radical (unpaired) electrons. The van der Waals surface area contributed by atoms with Gasteiger partial charge >= 0.3 is 0 Å². The van der Waals surface area contributed by atoms with E-state index in [4.69, 9.17) is 23.7 Å². The first-order valence-electron chi connectivity index (χ1n) is 20.8. The molecule has 0 heterocycles.